The molecule has 0 saturated carbocycles. The molecular formula is C15H9BrClFN4O2. The number of fused-ring (bicyclic) bond motifs is 1. The summed E-state index contributed by atoms with van der Waals surface area (Å²) in [4.78, 5) is 19.0. The van der Waals surface area contributed by atoms with E-state index >= 15 is 0 Å². The standard InChI is InChI=1S/C15H9BrClFN4O2/c1-7-9(16)5-8-13(14(7)22(23)24)19-6-20-15(8)21-11-4-2-3-10(17)12(11)18/h2-6H,1H3,(H,19,20,21). The Kier molecular flexibility index (Phi) is 4.33. The van der Waals surface area contributed by atoms with E-state index in [4.69, 9.17) is 11.6 Å². The maximum atomic E-state index is 14.1. The Morgan fingerprint density at radius 2 is 2.12 bits per heavy atom. The molecule has 1 N–H and O–H groups in total. The molecule has 0 aliphatic heterocycles. The molecule has 24 heavy (non-hydrogen) atoms. The van der Waals surface area contributed by atoms with Crippen LogP contribution >= 0.6 is 27.5 Å². The Hall–Kier alpha value is -2.32. The Balaban J connectivity index is 2.23. The predicted octanol–water partition coefficient (Wildman–Crippen LogP) is 5.15. The largest absolute Gasteiger partial charge is 0.337 e. The number of halogens is 3. The van der Waals surface area contributed by atoms with Crippen LogP contribution in [0.15, 0.2) is 35.1 Å². The zero-order valence-corrected chi connectivity index (χ0v) is 14.5. The van der Waals surface area contributed by atoms with Crippen LogP contribution in [0, 0.1) is 22.9 Å². The first-order valence-electron chi connectivity index (χ1n) is 6.69. The van der Waals surface area contributed by atoms with Gasteiger partial charge in [-0.3, -0.25) is 10.1 Å². The lowest BCUT2D eigenvalue weighted by Gasteiger charge is -2.11. The number of nitro groups is 1. The Morgan fingerprint density at radius 1 is 1.38 bits per heavy atom. The quantitative estimate of drug-likeness (QED) is 0.476. The van der Waals surface area contributed by atoms with Crippen molar-refractivity contribution in [1.82, 2.24) is 9.97 Å². The third kappa shape index (κ3) is 2.78. The molecule has 0 aliphatic carbocycles. The van der Waals surface area contributed by atoms with Crippen LogP contribution in [0.25, 0.3) is 10.9 Å². The summed E-state index contributed by atoms with van der Waals surface area (Å²) in [5.74, 6) is -0.392. The Bertz CT molecular complexity index is 983. The van der Waals surface area contributed by atoms with Crippen molar-refractivity contribution in [3.8, 4) is 0 Å². The van der Waals surface area contributed by atoms with E-state index in [1.165, 1.54) is 18.5 Å². The van der Waals surface area contributed by atoms with Gasteiger partial charge in [-0.25, -0.2) is 14.4 Å². The average molecular weight is 412 g/mol. The van der Waals surface area contributed by atoms with Crippen molar-refractivity contribution < 1.29 is 9.31 Å². The fourth-order valence-corrected chi connectivity index (χ4v) is 2.89. The molecule has 1 aromatic heterocycles. The van der Waals surface area contributed by atoms with Gasteiger partial charge < -0.3 is 5.32 Å². The Labute approximate surface area is 149 Å². The number of hydrogen-bond donors (Lipinski definition) is 1. The van der Waals surface area contributed by atoms with Gasteiger partial charge in [-0.05, 0) is 25.1 Å². The highest BCUT2D eigenvalue weighted by Crippen LogP contribution is 2.37. The monoisotopic (exact) mass is 410 g/mol. The smallest absolute Gasteiger partial charge is 0.299 e. The van der Waals surface area contributed by atoms with E-state index in [2.05, 4.69) is 31.2 Å². The van der Waals surface area contributed by atoms with Crippen LogP contribution in [-0.2, 0) is 0 Å². The van der Waals surface area contributed by atoms with Crippen LogP contribution in [0.1, 0.15) is 5.56 Å². The maximum Gasteiger partial charge on any atom is 0.299 e. The van der Waals surface area contributed by atoms with E-state index in [0.717, 1.165) is 0 Å². The molecule has 0 spiro atoms. The zero-order chi connectivity index (χ0) is 17.4. The van der Waals surface area contributed by atoms with Crippen molar-refractivity contribution in [2.45, 2.75) is 6.92 Å². The number of aromatic nitrogens is 2. The molecular weight excluding hydrogens is 403 g/mol. The van der Waals surface area contributed by atoms with Crippen LogP contribution in [0.5, 0.6) is 0 Å². The average Bonchev–Trinajstić information content (AvgIpc) is 2.53. The first-order chi connectivity index (χ1) is 11.4. The van der Waals surface area contributed by atoms with Gasteiger partial charge in [0.1, 0.15) is 12.1 Å². The SMILES string of the molecule is Cc1c(Br)cc2c(Nc3cccc(Cl)c3F)ncnc2c1[N+](=O)[O-]. The zero-order valence-electron chi connectivity index (χ0n) is 12.2. The molecule has 0 atom stereocenters. The third-order valence-corrected chi connectivity index (χ3v) is 4.60. The molecule has 1 heterocycles. The van der Waals surface area contributed by atoms with Crippen molar-refractivity contribution in [1.29, 1.82) is 0 Å². The number of anilines is 2. The molecule has 122 valence electrons. The van der Waals surface area contributed by atoms with E-state index in [9.17, 15) is 14.5 Å². The lowest BCUT2D eigenvalue weighted by molar-refractivity contribution is -0.383. The molecule has 0 saturated heterocycles. The van der Waals surface area contributed by atoms with Gasteiger partial charge >= 0.3 is 0 Å². The molecule has 0 aliphatic rings. The lowest BCUT2D eigenvalue weighted by Crippen LogP contribution is -2.01. The number of nitrogens with zero attached hydrogens (tertiary/aromatic N) is 3. The fraction of sp³-hybridized carbons (Fsp3) is 0.0667. The van der Waals surface area contributed by atoms with Gasteiger partial charge in [0, 0.05) is 10.0 Å². The van der Waals surface area contributed by atoms with Crippen LogP contribution in [-0.4, -0.2) is 14.9 Å². The van der Waals surface area contributed by atoms with E-state index < -0.39 is 10.7 Å². The summed E-state index contributed by atoms with van der Waals surface area (Å²) in [7, 11) is 0. The molecule has 9 heteroatoms. The van der Waals surface area contributed by atoms with Crippen molar-refractivity contribution in [3.05, 3.63) is 61.6 Å². The van der Waals surface area contributed by atoms with Gasteiger partial charge in [0.05, 0.1) is 21.0 Å². The summed E-state index contributed by atoms with van der Waals surface area (Å²) in [5, 5.41) is 14.5. The van der Waals surface area contributed by atoms with Gasteiger partial charge in [-0.15, -0.1) is 0 Å². The predicted molar refractivity (Wildman–Crippen MR) is 93.3 cm³/mol. The second kappa shape index (κ2) is 6.29. The first-order valence-corrected chi connectivity index (χ1v) is 7.86. The van der Waals surface area contributed by atoms with E-state index in [0.29, 0.717) is 15.4 Å². The summed E-state index contributed by atoms with van der Waals surface area (Å²) >= 11 is 9.06. The van der Waals surface area contributed by atoms with Crippen LogP contribution < -0.4 is 5.32 Å². The van der Waals surface area contributed by atoms with Gasteiger partial charge in [0.2, 0.25) is 0 Å². The van der Waals surface area contributed by atoms with E-state index in [1.807, 2.05) is 0 Å². The van der Waals surface area contributed by atoms with E-state index in [-0.39, 0.29) is 27.7 Å². The van der Waals surface area contributed by atoms with Crippen molar-refractivity contribution in [2.24, 2.45) is 0 Å². The highest BCUT2D eigenvalue weighted by atomic mass is 79.9. The lowest BCUT2D eigenvalue weighted by atomic mass is 10.1. The normalized spacial score (nSPS) is 10.8. The summed E-state index contributed by atoms with van der Waals surface area (Å²) < 4.78 is 14.6. The minimum Gasteiger partial charge on any atom is -0.337 e. The van der Waals surface area contributed by atoms with Gasteiger partial charge in [-0.2, -0.15) is 0 Å². The summed E-state index contributed by atoms with van der Waals surface area (Å²) in [6.45, 7) is 1.62. The number of benzene rings is 2. The molecule has 0 unspecified atom stereocenters. The minimum absolute atomic E-state index is 0.0404. The summed E-state index contributed by atoms with van der Waals surface area (Å²) in [6, 6.07) is 6.15. The van der Waals surface area contributed by atoms with E-state index in [1.54, 1.807) is 19.1 Å². The fourth-order valence-electron chi connectivity index (χ4n) is 2.30. The highest BCUT2D eigenvalue weighted by molar-refractivity contribution is 9.10. The number of nitrogens with one attached hydrogen (secondary N) is 1. The highest BCUT2D eigenvalue weighted by Gasteiger charge is 2.22. The van der Waals surface area contributed by atoms with Gasteiger partial charge in [0.15, 0.2) is 11.3 Å². The van der Waals surface area contributed by atoms with Gasteiger partial charge in [0.25, 0.3) is 5.69 Å². The number of nitro benzene ring substituents is 1. The molecule has 0 fully saturated rings. The van der Waals surface area contributed by atoms with Crippen LogP contribution in [0.3, 0.4) is 0 Å². The minimum atomic E-state index is -0.633. The topological polar surface area (TPSA) is 81.0 Å². The Morgan fingerprint density at radius 3 is 2.83 bits per heavy atom. The molecule has 3 aromatic rings. The molecule has 2 aromatic carbocycles. The summed E-state index contributed by atoms with van der Waals surface area (Å²) in [5.41, 5.74) is 0.602. The van der Waals surface area contributed by atoms with Crippen molar-refractivity contribution >= 4 is 55.6 Å². The van der Waals surface area contributed by atoms with Crippen molar-refractivity contribution in [2.75, 3.05) is 5.32 Å². The second-order valence-electron chi connectivity index (χ2n) is 4.93. The van der Waals surface area contributed by atoms with Gasteiger partial charge in [-0.1, -0.05) is 33.6 Å². The second-order valence-corrected chi connectivity index (χ2v) is 6.20. The maximum absolute atomic E-state index is 14.1. The molecule has 6 nitrogen and oxygen atoms in total. The molecule has 0 amide bonds. The summed E-state index contributed by atoms with van der Waals surface area (Å²) in [6.07, 6.45) is 1.19. The van der Waals surface area contributed by atoms with Crippen molar-refractivity contribution in [3.63, 3.8) is 0 Å². The van der Waals surface area contributed by atoms with Crippen LogP contribution in [0.2, 0.25) is 5.02 Å². The number of rotatable bonds is 3. The van der Waals surface area contributed by atoms with Crippen LogP contribution in [0.4, 0.5) is 21.6 Å². The molecule has 3 rings (SSSR count). The molecule has 0 bridgehead atoms. The third-order valence-electron chi connectivity index (χ3n) is 3.48. The first kappa shape index (κ1) is 16.5. The molecule has 0 radical (unpaired) electrons. The number of hydrogen-bond acceptors (Lipinski definition) is 5.